The minimum absolute atomic E-state index is 0.00271. The van der Waals surface area contributed by atoms with Crippen molar-refractivity contribution in [2.24, 2.45) is 0 Å². The van der Waals surface area contributed by atoms with Crippen LogP contribution in [0.3, 0.4) is 0 Å². The molecule has 16 heteroatoms. The first-order chi connectivity index (χ1) is 24.6. The Morgan fingerprint density at radius 2 is 1.75 bits per heavy atom. The number of rotatable bonds is 10. The van der Waals surface area contributed by atoms with Crippen LogP contribution in [0.2, 0.25) is 0 Å². The van der Waals surface area contributed by atoms with E-state index in [1.807, 2.05) is 69.0 Å². The van der Waals surface area contributed by atoms with E-state index in [9.17, 15) is 15.0 Å². The van der Waals surface area contributed by atoms with Gasteiger partial charge in [-0.3, -0.25) is 4.57 Å². The first kappa shape index (κ1) is 34.3. The summed E-state index contributed by atoms with van der Waals surface area (Å²) in [5, 5.41) is 41.1. The first-order valence-electron chi connectivity index (χ1n) is 17.2. The number of ether oxygens (including phenoxy) is 2. The van der Waals surface area contributed by atoms with Gasteiger partial charge in [-0.05, 0) is 50.5 Å². The van der Waals surface area contributed by atoms with Crippen LogP contribution in [0.15, 0.2) is 67.0 Å². The van der Waals surface area contributed by atoms with E-state index in [2.05, 4.69) is 55.3 Å². The van der Waals surface area contributed by atoms with Crippen molar-refractivity contribution in [3.05, 3.63) is 83.9 Å². The Morgan fingerprint density at radius 1 is 1.04 bits per heavy atom. The van der Waals surface area contributed by atoms with Gasteiger partial charge in [0, 0.05) is 25.6 Å². The summed E-state index contributed by atoms with van der Waals surface area (Å²) >= 11 is 0. The minimum Gasteiger partial charge on any atom is -0.444 e. The van der Waals surface area contributed by atoms with Crippen LogP contribution in [0.5, 0.6) is 0 Å². The Morgan fingerprint density at radius 3 is 2.39 bits per heavy atom. The molecule has 5 atom stereocenters. The van der Waals surface area contributed by atoms with Crippen LogP contribution in [0, 0.1) is 0 Å². The molecule has 1 amide bonds. The number of amides is 1. The number of hydrogen-bond donors (Lipinski definition) is 4. The molecule has 7 rings (SSSR count). The standard InChI is InChI=1S/C35H43N11O5/c1-5-46-42-30(41-43-46)28-26(47)27(48)32(50-28)45-20-37-25-29(36-18-24(21-12-8-6-9-13-21)22-14-10-7-11-15-22)39-33(40-31(25)45)44-17-16-23(19-44)38-34(49)51-35(2,3)4/h6-15,20,23-24,26-28,32,47-48H,5,16-19H2,1-4H3,(H,38,49)(H,36,39,40)/t23?,26-,27+,28-,32+/m0/s1. The maximum absolute atomic E-state index is 12.6. The fourth-order valence-corrected chi connectivity index (χ4v) is 6.49. The first-order valence-corrected chi connectivity index (χ1v) is 17.2. The Labute approximate surface area is 294 Å². The number of nitrogens with zero attached hydrogens (tertiary/aromatic N) is 9. The molecule has 5 aromatic rings. The third-order valence-electron chi connectivity index (χ3n) is 9.00. The Hall–Kier alpha value is -5.19. The van der Waals surface area contributed by atoms with Gasteiger partial charge in [0.25, 0.3) is 0 Å². The topological polar surface area (TPSA) is 190 Å². The molecule has 0 bridgehead atoms. The molecule has 1 unspecified atom stereocenters. The number of nitrogens with one attached hydrogen (secondary N) is 2. The number of benzene rings is 2. The molecule has 2 fully saturated rings. The lowest BCUT2D eigenvalue weighted by atomic mass is 9.91. The van der Waals surface area contributed by atoms with E-state index >= 15 is 0 Å². The van der Waals surface area contributed by atoms with Gasteiger partial charge in [0.1, 0.15) is 17.8 Å². The molecular weight excluding hydrogens is 654 g/mol. The summed E-state index contributed by atoms with van der Waals surface area (Å²) in [7, 11) is 0. The van der Waals surface area contributed by atoms with Crippen molar-refractivity contribution in [1.82, 2.24) is 45.0 Å². The number of alkyl carbamates (subject to hydrolysis) is 1. The Balaban J connectivity index is 1.22. The highest BCUT2D eigenvalue weighted by molar-refractivity contribution is 5.84. The van der Waals surface area contributed by atoms with E-state index < -0.39 is 36.2 Å². The van der Waals surface area contributed by atoms with Crippen LogP contribution < -0.4 is 15.5 Å². The lowest BCUT2D eigenvalue weighted by Crippen LogP contribution is -2.40. The Bertz CT molecular complexity index is 1910. The second kappa shape index (κ2) is 14.2. The number of fused-ring (bicyclic) bond motifs is 1. The lowest BCUT2D eigenvalue weighted by molar-refractivity contribution is -0.0384. The third-order valence-corrected chi connectivity index (χ3v) is 9.00. The zero-order valence-electron chi connectivity index (χ0n) is 29.0. The van der Waals surface area contributed by atoms with E-state index in [0.29, 0.717) is 55.5 Å². The maximum atomic E-state index is 12.6. The van der Waals surface area contributed by atoms with E-state index in [0.717, 1.165) is 11.1 Å². The minimum atomic E-state index is -1.34. The molecular formula is C35H43N11O5. The van der Waals surface area contributed by atoms with E-state index in [1.54, 1.807) is 4.57 Å². The van der Waals surface area contributed by atoms with E-state index in [1.165, 1.54) is 11.1 Å². The van der Waals surface area contributed by atoms with Gasteiger partial charge >= 0.3 is 6.09 Å². The summed E-state index contributed by atoms with van der Waals surface area (Å²) < 4.78 is 13.3. The highest BCUT2D eigenvalue weighted by Crippen LogP contribution is 2.39. The maximum Gasteiger partial charge on any atom is 0.407 e. The number of imidazole rings is 1. The van der Waals surface area contributed by atoms with Crippen molar-refractivity contribution in [3.8, 4) is 0 Å². The number of tetrazole rings is 1. The molecule has 2 aromatic carbocycles. The molecule has 51 heavy (non-hydrogen) atoms. The fraction of sp³-hybridized carbons (Fsp3) is 0.457. The van der Waals surface area contributed by atoms with Crippen molar-refractivity contribution in [2.75, 3.05) is 29.9 Å². The molecule has 0 saturated carbocycles. The van der Waals surface area contributed by atoms with E-state index in [-0.39, 0.29) is 17.8 Å². The number of hydrogen-bond acceptors (Lipinski definition) is 13. The second-order valence-electron chi connectivity index (χ2n) is 13.8. The van der Waals surface area contributed by atoms with Gasteiger partial charge in [-0.15, -0.1) is 10.2 Å². The summed E-state index contributed by atoms with van der Waals surface area (Å²) in [6.45, 7) is 9.37. The number of aryl methyl sites for hydroxylation is 1. The highest BCUT2D eigenvalue weighted by atomic mass is 16.6. The molecule has 4 N–H and O–H groups in total. The average Bonchev–Trinajstić information content (AvgIpc) is 3.92. The number of aromatic nitrogens is 8. The molecule has 2 aliphatic rings. The predicted molar refractivity (Wildman–Crippen MR) is 187 cm³/mol. The number of aliphatic hydroxyl groups is 2. The van der Waals surface area contributed by atoms with Crippen molar-refractivity contribution >= 4 is 29.0 Å². The average molecular weight is 698 g/mol. The van der Waals surface area contributed by atoms with E-state index in [4.69, 9.17) is 19.4 Å². The largest absolute Gasteiger partial charge is 0.444 e. The number of carbonyl (C=O) groups excluding carboxylic acids is 1. The summed E-state index contributed by atoms with van der Waals surface area (Å²) in [6, 6.07) is 20.3. The summed E-state index contributed by atoms with van der Waals surface area (Å²) in [6.07, 6.45) is -3.03. The normalized spacial score (nSPS) is 22.2. The molecule has 3 aromatic heterocycles. The zero-order chi connectivity index (χ0) is 35.7. The van der Waals surface area contributed by atoms with Crippen LogP contribution in [0.25, 0.3) is 11.2 Å². The van der Waals surface area contributed by atoms with Gasteiger partial charge in [0.2, 0.25) is 11.8 Å². The van der Waals surface area contributed by atoms with Crippen LogP contribution in [0.1, 0.15) is 69.3 Å². The van der Waals surface area contributed by atoms with Gasteiger partial charge in [0.15, 0.2) is 29.3 Å². The smallest absolute Gasteiger partial charge is 0.407 e. The SMILES string of the molecule is CCn1nnc([C@H]2O[C@@H](n3cnc4c(NCC(c5ccccc5)c5ccccc5)nc(N5CCC(NC(=O)OC(C)(C)C)C5)nc43)[C@H](O)[C@@H]2O)n1. The highest BCUT2D eigenvalue weighted by Gasteiger charge is 2.47. The molecule has 2 saturated heterocycles. The van der Waals surface area contributed by atoms with Gasteiger partial charge in [-0.2, -0.15) is 14.8 Å². The molecule has 0 radical (unpaired) electrons. The quantitative estimate of drug-likeness (QED) is 0.167. The molecule has 2 aliphatic heterocycles. The number of aliphatic hydroxyl groups excluding tert-OH is 2. The van der Waals surface area contributed by atoms with Gasteiger partial charge in [0.05, 0.1) is 18.9 Å². The summed E-state index contributed by atoms with van der Waals surface area (Å²) in [4.78, 5) is 30.5. The lowest BCUT2D eigenvalue weighted by Gasteiger charge is -2.23. The van der Waals surface area contributed by atoms with Crippen molar-refractivity contribution in [1.29, 1.82) is 0 Å². The number of carbonyl (C=O) groups is 1. The van der Waals surface area contributed by atoms with Crippen LogP contribution in [0.4, 0.5) is 16.6 Å². The van der Waals surface area contributed by atoms with Crippen molar-refractivity contribution in [3.63, 3.8) is 0 Å². The van der Waals surface area contributed by atoms with Gasteiger partial charge < -0.3 is 35.2 Å². The van der Waals surface area contributed by atoms with Gasteiger partial charge in [-0.25, -0.2) is 9.78 Å². The zero-order valence-corrected chi connectivity index (χ0v) is 29.0. The van der Waals surface area contributed by atoms with Gasteiger partial charge in [-0.1, -0.05) is 60.7 Å². The fourth-order valence-electron chi connectivity index (χ4n) is 6.49. The van der Waals surface area contributed by atoms with Crippen molar-refractivity contribution < 1.29 is 24.5 Å². The summed E-state index contributed by atoms with van der Waals surface area (Å²) in [5.41, 5.74) is 2.52. The second-order valence-corrected chi connectivity index (χ2v) is 13.8. The predicted octanol–water partition coefficient (Wildman–Crippen LogP) is 3.17. The summed E-state index contributed by atoms with van der Waals surface area (Å²) in [5.74, 6) is 1.07. The van der Waals surface area contributed by atoms with Crippen LogP contribution in [-0.4, -0.2) is 99.5 Å². The molecule has 16 nitrogen and oxygen atoms in total. The molecule has 0 spiro atoms. The third kappa shape index (κ3) is 7.34. The molecule has 0 aliphatic carbocycles. The Kier molecular flexibility index (Phi) is 9.54. The van der Waals surface area contributed by atoms with Crippen LogP contribution in [-0.2, 0) is 16.0 Å². The van der Waals surface area contributed by atoms with Crippen molar-refractivity contribution in [2.45, 2.75) is 82.8 Å². The monoisotopic (exact) mass is 697 g/mol. The van der Waals surface area contributed by atoms with Crippen LogP contribution >= 0.6 is 0 Å². The molecule has 268 valence electrons. The molecule has 5 heterocycles. The number of anilines is 2.